The predicted molar refractivity (Wildman–Crippen MR) is 90.5 cm³/mol. The Morgan fingerprint density at radius 1 is 1.19 bits per heavy atom. The number of rotatable bonds is 3. The fourth-order valence-electron chi connectivity index (χ4n) is 3.07. The van der Waals surface area contributed by atoms with E-state index in [0.717, 1.165) is 0 Å². The third-order valence-electron chi connectivity index (χ3n) is 4.46. The molecule has 26 heavy (non-hydrogen) atoms. The molecule has 0 N–H and O–H groups in total. The summed E-state index contributed by atoms with van der Waals surface area (Å²) in [5.74, 6) is -0.412. The van der Waals surface area contributed by atoms with Gasteiger partial charge in [0.2, 0.25) is 5.91 Å². The van der Waals surface area contributed by atoms with Crippen LogP contribution in [0.1, 0.15) is 23.7 Å². The summed E-state index contributed by atoms with van der Waals surface area (Å²) in [6, 6.07) is 10.5. The molecular formula is C19H15F2N3O2. The molecule has 132 valence electrons. The minimum Gasteiger partial charge on any atom is -0.334 e. The van der Waals surface area contributed by atoms with Gasteiger partial charge in [0.05, 0.1) is 0 Å². The van der Waals surface area contributed by atoms with Crippen LogP contribution in [-0.2, 0) is 4.79 Å². The monoisotopic (exact) mass is 355 g/mol. The Morgan fingerprint density at radius 3 is 2.81 bits per heavy atom. The third kappa shape index (κ3) is 2.96. The normalized spacial score (nSPS) is 17.1. The maximum Gasteiger partial charge on any atom is 0.258 e. The molecule has 0 spiro atoms. The summed E-state index contributed by atoms with van der Waals surface area (Å²) in [5.41, 5.74) is 1.61. The first-order chi connectivity index (χ1) is 12.5. The van der Waals surface area contributed by atoms with Gasteiger partial charge in [0.15, 0.2) is 5.82 Å². The third-order valence-corrected chi connectivity index (χ3v) is 4.46. The molecule has 1 fully saturated rings. The lowest BCUT2D eigenvalue weighted by atomic mass is 10.1. The van der Waals surface area contributed by atoms with Gasteiger partial charge < -0.3 is 9.42 Å². The molecule has 1 amide bonds. The second-order valence-electron chi connectivity index (χ2n) is 6.31. The molecule has 0 saturated carbocycles. The number of aromatic nitrogens is 2. The quantitative estimate of drug-likeness (QED) is 0.716. The summed E-state index contributed by atoms with van der Waals surface area (Å²) in [5, 5.41) is 3.95. The number of hydrogen-bond donors (Lipinski definition) is 0. The Balaban J connectivity index is 1.56. The van der Waals surface area contributed by atoms with Crippen LogP contribution in [-0.4, -0.2) is 22.6 Å². The topological polar surface area (TPSA) is 59.2 Å². The first kappa shape index (κ1) is 16.4. The smallest absolute Gasteiger partial charge is 0.258 e. The van der Waals surface area contributed by atoms with E-state index in [0.29, 0.717) is 29.2 Å². The van der Waals surface area contributed by atoms with Crippen LogP contribution in [0, 0.1) is 18.6 Å². The molecule has 1 atom stereocenters. The van der Waals surface area contributed by atoms with Crippen LogP contribution in [0.25, 0.3) is 11.5 Å². The van der Waals surface area contributed by atoms with Crippen molar-refractivity contribution >= 4 is 11.6 Å². The van der Waals surface area contributed by atoms with Gasteiger partial charge in [0.25, 0.3) is 5.89 Å². The molecule has 1 aliphatic rings. The van der Waals surface area contributed by atoms with E-state index in [1.54, 1.807) is 36.1 Å². The summed E-state index contributed by atoms with van der Waals surface area (Å²) in [6.45, 7) is 2.04. The van der Waals surface area contributed by atoms with E-state index >= 15 is 0 Å². The van der Waals surface area contributed by atoms with E-state index in [9.17, 15) is 13.6 Å². The standard InChI is InChI=1S/C19H15F2N3O2/c1-11-7-15(5-6-16(11)21)24-10-13(9-17(24)25)18-22-19(26-23-18)12-3-2-4-14(20)8-12/h2-8,13H,9-10H2,1H3. The lowest BCUT2D eigenvalue weighted by molar-refractivity contribution is -0.117. The Morgan fingerprint density at radius 2 is 2.04 bits per heavy atom. The molecule has 1 unspecified atom stereocenters. The maximum atomic E-state index is 13.5. The van der Waals surface area contributed by atoms with Crippen molar-refractivity contribution in [2.24, 2.45) is 0 Å². The van der Waals surface area contributed by atoms with Crippen molar-refractivity contribution in [3.8, 4) is 11.5 Å². The van der Waals surface area contributed by atoms with E-state index in [2.05, 4.69) is 10.1 Å². The lowest BCUT2D eigenvalue weighted by Gasteiger charge is -2.16. The van der Waals surface area contributed by atoms with Gasteiger partial charge in [-0.1, -0.05) is 11.2 Å². The van der Waals surface area contributed by atoms with Crippen molar-refractivity contribution in [2.75, 3.05) is 11.4 Å². The molecule has 4 rings (SSSR count). The van der Waals surface area contributed by atoms with Crippen molar-refractivity contribution in [3.63, 3.8) is 0 Å². The Hall–Kier alpha value is -3.09. The van der Waals surface area contributed by atoms with Crippen LogP contribution in [0.4, 0.5) is 14.5 Å². The zero-order valence-electron chi connectivity index (χ0n) is 13.9. The molecule has 5 nitrogen and oxygen atoms in total. The van der Waals surface area contributed by atoms with Crippen LogP contribution in [0.15, 0.2) is 47.0 Å². The molecule has 3 aromatic rings. The van der Waals surface area contributed by atoms with E-state index in [-0.39, 0.29) is 30.0 Å². The molecule has 1 aromatic heterocycles. The summed E-state index contributed by atoms with van der Waals surface area (Å²) in [4.78, 5) is 18.3. The molecular weight excluding hydrogens is 340 g/mol. The zero-order chi connectivity index (χ0) is 18.3. The second kappa shape index (κ2) is 6.33. The van der Waals surface area contributed by atoms with E-state index in [4.69, 9.17) is 4.52 Å². The number of halogens is 2. The Kier molecular flexibility index (Phi) is 3.99. The highest BCUT2D eigenvalue weighted by molar-refractivity contribution is 5.96. The average molecular weight is 355 g/mol. The highest BCUT2D eigenvalue weighted by Crippen LogP contribution is 2.32. The molecule has 0 bridgehead atoms. The number of amides is 1. The highest BCUT2D eigenvalue weighted by Gasteiger charge is 2.34. The van der Waals surface area contributed by atoms with Gasteiger partial charge in [-0.05, 0) is 48.9 Å². The fourth-order valence-corrected chi connectivity index (χ4v) is 3.07. The van der Waals surface area contributed by atoms with Gasteiger partial charge >= 0.3 is 0 Å². The predicted octanol–water partition coefficient (Wildman–Crippen LogP) is 3.84. The van der Waals surface area contributed by atoms with Gasteiger partial charge in [0.1, 0.15) is 11.6 Å². The summed E-state index contributed by atoms with van der Waals surface area (Å²) in [7, 11) is 0. The van der Waals surface area contributed by atoms with Crippen LogP contribution in [0.5, 0.6) is 0 Å². The fraction of sp³-hybridized carbons (Fsp3) is 0.211. The van der Waals surface area contributed by atoms with Crippen molar-refractivity contribution in [1.29, 1.82) is 0 Å². The van der Waals surface area contributed by atoms with Crippen LogP contribution in [0.2, 0.25) is 0 Å². The van der Waals surface area contributed by atoms with Gasteiger partial charge in [-0.3, -0.25) is 4.79 Å². The zero-order valence-corrected chi connectivity index (χ0v) is 13.9. The van der Waals surface area contributed by atoms with Gasteiger partial charge in [-0.25, -0.2) is 8.78 Å². The van der Waals surface area contributed by atoms with Crippen LogP contribution >= 0.6 is 0 Å². The lowest BCUT2D eigenvalue weighted by Crippen LogP contribution is -2.24. The van der Waals surface area contributed by atoms with Crippen molar-refractivity contribution in [1.82, 2.24) is 10.1 Å². The van der Waals surface area contributed by atoms with E-state index in [1.807, 2.05) is 0 Å². The molecule has 2 aromatic carbocycles. The Labute approximate surface area is 148 Å². The van der Waals surface area contributed by atoms with Gasteiger partial charge in [-0.2, -0.15) is 4.98 Å². The first-order valence-corrected chi connectivity index (χ1v) is 8.17. The number of hydrogen-bond acceptors (Lipinski definition) is 4. The number of nitrogens with zero attached hydrogens (tertiary/aromatic N) is 3. The van der Waals surface area contributed by atoms with Crippen molar-refractivity contribution in [2.45, 2.75) is 19.3 Å². The summed E-state index contributed by atoms with van der Waals surface area (Å²) < 4.78 is 32.0. The van der Waals surface area contributed by atoms with Crippen LogP contribution in [0.3, 0.4) is 0 Å². The number of carbonyl (C=O) groups excluding carboxylic acids is 1. The SMILES string of the molecule is Cc1cc(N2CC(c3noc(-c4cccc(F)c4)n3)CC2=O)ccc1F. The highest BCUT2D eigenvalue weighted by atomic mass is 19.1. The molecule has 0 radical (unpaired) electrons. The van der Waals surface area contributed by atoms with Gasteiger partial charge in [0, 0.05) is 30.1 Å². The minimum absolute atomic E-state index is 0.0851. The molecule has 1 saturated heterocycles. The van der Waals surface area contributed by atoms with Crippen LogP contribution < -0.4 is 4.90 Å². The maximum absolute atomic E-state index is 13.5. The second-order valence-corrected chi connectivity index (χ2v) is 6.31. The summed E-state index contributed by atoms with van der Waals surface area (Å²) >= 11 is 0. The number of carbonyl (C=O) groups is 1. The van der Waals surface area contributed by atoms with E-state index < -0.39 is 5.82 Å². The van der Waals surface area contributed by atoms with Crippen molar-refractivity contribution < 1.29 is 18.1 Å². The first-order valence-electron chi connectivity index (χ1n) is 8.17. The number of aryl methyl sites for hydroxylation is 1. The number of benzene rings is 2. The van der Waals surface area contributed by atoms with Gasteiger partial charge in [-0.15, -0.1) is 0 Å². The largest absolute Gasteiger partial charge is 0.334 e. The van der Waals surface area contributed by atoms with E-state index in [1.165, 1.54) is 18.2 Å². The number of anilines is 1. The Bertz CT molecular complexity index is 986. The molecule has 7 heteroatoms. The molecule has 1 aliphatic heterocycles. The minimum atomic E-state index is -0.392. The molecule has 0 aliphatic carbocycles. The van der Waals surface area contributed by atoms with Crippen molar-refractivity contribution in [3.05, 3.63) is 65.5 Å². The average Bonchev–Trinajstić information content (AvgIpc) is 3.24. The summed E-state index contributed by atoms with van der Waals surface area (Å²) in [6.07, 6.45) is 0.235. The molecule has 2 heterocycles.